The van der Waals surface area contributed by atoms with Gasteiger partial charge in [0.25, 0.3) is 0 Å². The Morgan fingerprint density at radius 1 is 1.30 bits per heavy atom. The number of benzene rings is 1. The number of rotatable bonds is 4. The molecule has 1 N–H and O–H groups in total. The van der Waals surface area contributed by atoms with E-state index in [2.05, 4.69) is 43.4 Å². The lowest BCUT2D eigenvalue weighted by atomic mass is 9.90. The van der Waals surface area contributed by atoms with Gasteiger partial charge in [0.2, 0.25) is 0 Å². The number of nitrogens with zero attached hydrogens (tertiary/aromatic N) is 1. The van der Waals surface area contributed by atoms with E-state index in [1.807, 2.05) is 4.90 Å². The van der Waals surface area contributed by atoms with Crippen LogP contribution in [0, 0.1) is 24.7 Å². The number of amides is 2. The highest BCUT2D eigenvalue weighted by atomic mass is 16.5. The fraction of sp³-hybridized carbons (Fsp3) is 0.632. The van der Waals surface area contributed by atoms with Crippen molar-refractivity contribution in [3.05, 3.63) is 35.4 Å². The van der Waals surface area contributed by atoms with Gasteiger partial charge in [-0.2, -0.15) is 0 Å². The first-order valence-electron chi connectivity index (χ1n) is 8.78. The van der Waals surface area contributed by atoms with Crippen molar-refractivity contribution in [2.75, 3.05) is 32.8 Å². The molecule has 0 saturated carbocycles. The Morgan fingerprint density at radius 3 is 2.74 bits per heavy atom. The Morgan fingerprint density at radius 2 is 2.04 bits per heavy atom. The van der Waals surface area contributed by atoms with Crippen molar-refractivity contribution in [3.63, 3.8) is 0 Å². The molecule has 4 nitrogen and oxygen atoms in total. The van der Waals surface area contributed by atoms with Crippen molar-refractivity contribution in [2.24, 2.45) is 17.8 Å². The Labute approximate surface area is 139 Å². The smallest absolute Gasteiger partial charge is 0.317 e. The summed E-state index contributed by atoms with van der Waals surface area (Å²) >= 11 is 0. The number of likely N-dealkylation sites (tertiary alicyclic amines) is 1. The fourth-order valence-electron chi connectivity index (χ4n) is 3.48. The van der Waals surface area contributed by atoms with Crippen molar-refractivity contribution < 1.29 is 9.53 Å². The second-order valence-corrected chi connectivity index (χ2v) is 7.25. The minimum Gasteiger partial charge on any atom is -0.381 e. The monoisotopic (exact) mass is 316 g/mol. The molecule has 2 fully saturated rings. The molecule has 2 amide bonds. The zero-order valence-electron chi connectivity index (χ0n) is 14.3. The van der Waals surface area contributed by atoms with E-state index in [4.69, 9.17) is 4.74 Å². The van der Waals surface area contributed by atoms with Gasteiger partial charge >= 0.3 is 6.03 Å². The van der Waals surface area contributed by atoms with Gasteiger partial charge in [0.1, 0.15) is 0 Å². The lowest BCUT2D eigenvalue weighted by Crippen LogP contribution is -2.55. The molecule has 126 valence electrons. The SMILES string of the molecule is Cc1ccc(CC2CN(C(=O)NCC3CCOCC3C)C2)cc1. The topological polar surface area (TPSA) is 41.6 Å². The van der Waals surface area contributed by atoms with Crippen molar-refractivity contribution in [1.82, 2.24) is 10.2 Å². The summed E-state index contributed by atoms with van der Waals surface area (Å²) in [6.07, 6.45) is 2.12. The molecule has 0 aromatic heterocycles. The minimum atomic E-state index is 0.101. The molecule has 1 aromatic carbocycles. The highest BCUT2D eigenvalue weighted by molar-refractivity contribution is 5.75. The first-order valence-corrected chi connectivity index (χ1v) is 8.78. The predicted octanol–water partition coefficient (Wildman–Crippen LogP) is 2.85. The van der Waals surface area contributed by atoms with Gasteiger partial charge in [0.05, 0.1) is 0 Å². The predicted molar refractivity (Wildman–Crippen MR) is 91.4 cm³/mol. The van der Waals surface area contributed by atoms with Crippen LogP contribution in [0.5, 0.6) is 0 Å². The maximum atomic E-state index is 12.2. The van der Waals surface area contributed by atoms with E-state index in [0.717, 1.165) is 45.7 Å². The summed E-state index contributed by atoms with van der Waals surface area (Å²) in [7, 11) is 0. The normalized spacial score (nSPS) is 25.0. The molecule has 2 heterocycles. The van der Waals surface area contributed by atoms with Gasteiger partial charge in [0.15, 0.2) is 0 Å². The highest BCUT2D eigenvalue weighted by Crippen LogP contribution is 2.22. The van der Waals surface area contributed by atoms with Crippen molar-refractivity contribution in [2.45, 2.75) is 26.7 Å². The maximum absolute atomic E-state index is 12.2. The second kappa shape index (κ2) is 7.35. The second-order valence-electron chi connectivity index (χ2n) is 7.25. The number of carbonyl (C=O) groups excluding carboxylic acids is 1. The van der Waals surface area contributed by atoms with Gasteiger partial charge in [-0.05, 0) is 43.1 Å². The first kappa shape index (κ1) is 16.3. The summed E-state index contributed by atoms with van der Waals surface area (Å²) < 4.78 is 5.45. The number of aryl methyl sites for hydroxylation is 1. The molecule has 0 radical (unpaired) electrons. The average Bonchev–Trinajstić information content (AvgIpc) is 2.51. The molecule has 23 heavy (non-hydrogen) atoms. The number of urea groups is 1. The molecule has 4 heteroatoms. The summed E-state index contributed by atoms with van der Waals surface area (Å²) in [4.78, 5) is 14.1. The fourth-order valence-corrected chi connectivity index (χ4v) is 3.48. The van der Waals surface area contributed by atoms with Crippen LogP contribution >= 0.6 is 0 Å². The van der Waals surface area contributed by atoms with Gasteiger partial charge in [-0.3, -0.25) is 0 Å². The average molecular weight is 316 g/mol. The van der Waals surface area contributed by atoms with E-state index < -0.39 is 0 Å². The summed E-state index contributed by atoms with van der Waals surface area (Å²) in [5.41, 5.74) is 2.67. The third kappa shape index (κ3) is 4.25. The van der Waals surface area contributed by atoms with Crippen LogP contribution in [0.4, 0.5) is 4.79 Å². The van der Waals surface area contributed by atoms with Crippen LogP contribution in [-0.2, 0) is 11.2 Å². The highest BCUT2D eigenvalue weighted by Gasteiger charge is 2.31. The lowest BCUT2D eigenvalue weighted by molar-refractivity contribution is 0.0242. The minimum absolute atomic E-state index is 0.101. The molecular formula is C19H28N2O2. The third-order valence-corrected chi connectivity index (χ3v) is 5.22. The summed E-state index contributed by atoms with van der Waals surface area (Å²) in [5.74, 6) is 1.69. The number of carbonyl (C=O) groups is 1. The quantitative estimate of drug-likeness (QED) is 0.928. The van der Waals surface area contributed by atoms with Gasteiger partial charge in [0, 0.05) is 32.8 Å². The van der Waals surface area contributed by atoms with Gasteiger partial charge < -0.3 is 15.0 Å². The zero-order chi connectivity index (χ0) is 16.2. The first-order chi connectivity index (χ1) is 11.1. The third-order valence-electron chi connectivity index (χ3n) is 5.22. The Kier molecular flexibility index (Phi) is 5.21. The molecule has 3 rings (SSSR count). The maximum Gasteiger partial charge on any atom is 0.317 e. The molecule has 0 aliphatic carbocycles. The molecular weight excluding hydrogens is 288 g/mol. The van der Waals surface area contributed by atoms with E-state index in [0.29, 0.717) is 17.8 Å². The van der Waals surface area contributed by atoms with E-state index >= 15 is 0 Å². The molecule has 2 atom stereocenters. The van der Waals surface area contributed by atoms with Crippen LogP contribution < -0.4 is 5.32 Å². The standard InChI is InChI=1S/C19H28N2O2/c1-14-3-5-16(6-4-14)9-17-11-21(12-17)19(22)20-10-18-7-8-23-13-15(18)2/h3-6,15,17-18H,7-13H2,1-2H3,(H,20,22). The summed E-state index contributed by atoms with van der Waals surface area (Å²) in [6.45, 7) is 8.50. The number of hydrogen-bond acceptors (Lipinski definition) is 2. The molecule has 2 saturated heterocycles. The van der Waals surface area contributed by atoms with Crippen molar-refractivity contribution in [3.8, 4) is 0 Å². The van der Waals surface area contributed by atoms with Gasteiger partial charge in [-0.25, -0.2) is 4.79 Å². The van der Waals surface area contributed by atoms with Crippen LogP contribution in [-0.4, -0.2) is 43.8 Å². The van der Waals surface area contributed by atoms with Crippen molar-refractivity contribution in [1.29, 1.82) is 0 Å². The Balaban J connectivity index is 1.37. The number of nitrogens with one attached hydrogen (secondary N) is 1. The zero-order valence-corrected chi connectivity index (χ0v) is 14.3. The van der Waals surface area contributed by atoms with Gasteiger partial charge in [-0.15, -0.1) is 0 Å². The van der Waals surface area contributed by atoms with E-state index in [-0.39, 0.29) is 6.03 Å². The number of ether oxygens (including phenoxy) is 1. The largest absolute Gasteiger partial charge is 0.381 e. The van der Waals surface area contributed by atoms with Crippen molar-refractivity contribution >= 4 is 6.03 Å². The van der Waals surface area contributed by atoms with E-state index in [1.54, 1.807) is 0 Å². The molecule has 1 aromatic rings. The van der Waals surface area contributed by atoms with E-state index in [9.17, 15) is 4.79 Å². The molecule has 0 bridgehead atoms. The lowest BCUT2D eigenvalue weighted by Gasteiger charge is -2.40. The Hall–Kier alpha value is -1.55. The Bertz CT molecular complexity index is 523. The van der Waals surface area contributed by atoms with E-state index in [1.165, 1.54) is 11.1 Å². The molecule has 2 unspecified atom stereocenters. The summed E-state index contributed by atoms with van der Waals surface area (Å²) in [6, 6.07) is 8.82. The number of hydrogen-bond donors (Lipinski definition) is 1. The van der Waals surface area contributed by atoms with Crippen LogP contribution in [0.2, 0.25) is 0 Å². The van der Waals surface area contributed by atoms with Gasteiger partial charge in [-0.1, -0.05) is 36.8 Å². The van der Waals surface area contributed by atoms with Crippen LogP contribution in [0.25, 0.3) is 0 Å². The molecule has 0 spiro atoms. The van der Waals surface area contributed by atoms with Crippen LogP contribution in [0.1, 0.15) is 24.5 Å². The molecule has 2 aliphatic heterocycles. The van der Waals surface area contributed by atoms with Crippen LogP contribution in [0.3, 0.4) is 0 Å². The van der Waals surface area contributed by atoms with Crippen LogP contribution in [0.15, 0.2) is 24.3 Å². The summed E-state index contributed by atoms with van der Waals surface area (Å²) in [5, 5.41) is 3.11. The molecule has 2 aliphatic rings.